The Labute approximate surface area is 133 Å². The molecular weight excluding hydrogens is 299 g/mol. The predicted octanol–water partition coefficient (Wildman–Crippen LogP) is 1.66. The number of carbonyl (C=O) groups is 2. The molecule has 0 saturated carbocycles. The van der Waals surface area contributed by atoms with Crippen molar-refractivity contribution in [2.75, 3.05) is 7.11 Å². The second kappa shape index (κ2) is 7.40. The number of ether oxygens (including phenoxy) is 1. The number of rotatable bonds is 6. The summed E-state index contributed by atoms with van der Waals surface area (Å²) in [5.41, 5.74) is 6.44. The number of amides is 2. The Morgan fingerprint density at radius 2 is 1.74 bits per heavy atom. The zero-order valence-corrected chi connectivity index (χ0v) is 12.6. The molecule has 0 aliphatic carbocycles. The van der Waals surface area contributed by atoms with E-state index in [0.717, 1.165) is 5.56 Å². The van der Waals surface area contributed by atoms with Gasteiger partial charge in [-0.1, -0.05) is 12.1 Å². The monoisotopic (exact) mass is 316 g/mol. The third kappa shape index (κ3) is 4.54. The third-order valence-corrected chi connectivity index (χ3v) is 3.35. The van der Waals surface area contributed by atoms with E-state index in [4.69, 9.17) is 10.5 Å². The maximum atomic E-state index is 12.9. The Bertz CT molecular complexity index is 684. The summed E-state index contributed by atoms with van der Waals surface area (Å²) in [5.74, 6) is -0.871. The van der Waals surface area contributed by atoms with Gasteiger partial charge in [-0.05, 0) is 42.0 Å². The van der Waals surface area contributed by atoms with Crippen molar-refractivity contribution in [3.63, 3.8) is 0 Å². The molecule has 0 bridgehead atoms. The van der Waals surface area contributed by atoms with Crippen molar-refractivity contribution in [1.82, 2.24) is 5.32 Å². The summed E-state index contributed by atoms with van der Waals surface area (Å²) < 4.78 is 17.9. The van der Waals surface area contributed by atoms with E-state index in [0.29, 0.717) is 5.75 Å². The van der Waals surface area contributed by atoms with Gasteiger partial charge in [0.1, 0.15) is 17.6 Å². The fourth-order valence-electron chi connectivity index (χ4n) is 2.06. The Hall–Kier alpha value is -2.89. The van der Waals surface area contributed by atoms with Crippen molar-refractivity contribution in [2.24, 2.45) is 5.73 Å². The van der Waals surface area contributed by atoms with Crippen molar-refractivity contribution in [2.45, 2.75) is 12.5 Å². The molecule has 3 N–H and O–H groups in total. The topological polar surface area (TPSA) is 81.4 Å². The lowest BCUT2D eigenvalue weighted by molar-refractivity contribution is -0.119. The number of methoxy groups -OCH3 is 1. The zero-order chi connectivity index (χ0) is 16.8. The molecule has 0 aliphatic rings. The minimum absolute atomic E-state index is 0.256. The molecule has 0 unspecified atom stereocenters. The van der Waals surface area contributed by atoms with E-state index in [1.807, 2.05) is 0 Å². The van der Waals surface area contributed by atoms with E-state index in [-0.39, 0.29) is 12.0 Å². The van der Waals surface area contributed by atoms with E-state index in [1.165, 1.54) is 24.3 Å². The van der Waals surface area contributed by atoms with Crippen LogP contribution < -0.4 is 15.8 Å². The van der Waals surface area contributed by atoms with Gasteiger partial charge in [-0.3, -0.25) is 9.59 Å². The van der Waals surface area contributed by atoms with Gasteiger partial charge in [0.2, 0.25) is 5.91 Å². The third-order valence-electron chi connectivity index (χ3n) is 3.35. The average Bonchev–Trinajstić information content (AvgIpc) is 2.55. The highest BCUT2D eigenvalue weighted by molar-refractivity contribution is 5.97. The van der Waals surface area contributed by atoms with Gasteiger partial charge >= 0.3 is 0 Å². The molecule has 0 aromatic heterocycles. The van der Waals surface area contributed by atoms with E-state index in [1.54, 1.807) is 31.4 Å². The van der Waals surface area contributed by atoms with Gasteiger partial charge in [0.15, 0.2) is 0 Å². The lowest BCUT2D eigenvalue weighted by atomic mass is 10.0. The molecule has 0 heterocycles. The van der Waals surface area contributed by atoms with Crippen LogP contribution in [0.4, 0.5) is 4.39 Å². The SMILES string of the molecule is COc1ccc(C[C@H](NC(=O)c2ccc(F)cc2)C(N)=O)cc1. The number of nitrogens with one attached hydrogen (secondary N) is 1. The molecule has 0 spiro atoms. The fraction of sp³-hybridized carbons (Fsp3) is 0.176. The number of benzene rings is 2. The van der Waals surface area contributed by atoms with Crippen LogP contribution in [0.3, 0.4) is 0 Å². The molecule has 2 rings (SSSR count). The van der Waals surface area contributed by atoms with Gasteiger partial charge < -0.3 is 15.8 Å². The number of nitrogens with two attached hydrogens (primary N) is 1. The number of hydrogen-bond donors (Lipinski definition) is 2. The standard InChI is InChI=1S/C17H17FN2O3/c1-23-14-8-2-11(3-9-14)10-15(16(19)21)20-17(22)12-4-6-13(18)7-5-12/h2-9,15H,10H2,1H3,(H2,19,21)(H,20,22)/t15-/m0/s1. The first-order valence-electron chi connectivity index (χ1n) is 6.98. The van der Waals surface area contributed by atoms with E-state index >= 15 is 0 Å². The van der Waals surface area contributed by atoms with Gasteiger partial charge in [-0.15, -0.1) is 0 Å². The Kier molecular flexibility index (Phi) is 5.30. The summed E-state index contributed by atoms with van der Waals surface area (Å²) >= 11 is 0. The summed E-state index contributed by atoms with van der Waals surface area (Å²) in [7, 11) is 1.56. The summed E-state index contributed by atoms with van der Waals surface area (Å²) in [6.07, 6.45) is 0.256. The molecule has 0 fully saturated rings. The van der Waals surface area contributed by atoms with Crippen LogP contribution in [0.25, 0.3) is 0 Å². The summed E-state index contributed by atoms with van der Waals surface area (Å²) in [4.78, 5) is 23.7. The second-order valence-corrected chi connectivity index (χ2v) is 4.99. The number of carbonyl (C=O) groups excluding carboxylic acids is 2. The van der Waals surface area contributed by atoms with Crippen LogP contribution in [-0.4, -0.2) is 25.0 Å². The largest absolute Gasteiger partial charge is 0.497 e. The lowest BCUT2D eigenvalue weighted by Gasteiger charge is -2.16. The van der Waals surface area contributed by atoms with Crippen LogP contribution in [0, 0.1) is 5.82 Å². The zero-order valence-electron chi connectivity index (χ0n) is 12.6. The van der Waals surface area contributed by atoms with Crippen LogP contribution in [0.1, 0.15) is 15.9 Å². The summed E-state index contributed by atoms with van der Waals surface area (Å²) in [6.45, 7) is 0. The number of halogens is 1. The van der Waals surface area contributed by atoms with E-state index in [2.05, 4.69) is 5.32 Å². The normalized spacial score (nSPS) is 11.6. The number of primary amides is 1. The maximum Gasteiger partial charge on any atom is 0.251 e. The van der Waals surface area contributed by atoms with Crippen LogP contribution in [0.5, 0.6) is 5.75 Å². The first-order valence-corrected chi connectivity index (χ1v) is 6.98. The molecule has 5 nitrogen and oxygen atoms in total. The molecule has 2 amide bonds. The predicted molar refractivity (Wildman–Crippen MR) is 83.5 cm³/mol. The molecule has 6 heteroatoms. The highest BCUT2D eigenvalue weighted by Gasteiger charge is 2.19. The smallest absolute Gasteiger partial charge is 0.251 e. The van der Waals surface area contributed by atoms with Gasteiger partial charge in [0.25, 0.3) is 5.91 Å². The second-order valence-electron chi connectivity index (χ2n) is 4.99. The van der Waals surface area contributed by atoms with Gasteiger partial charge in [0.05, 0.1) is 7.11 Å². The molecule has 2 aromatic carbocycles. The van der Waals surface area contributed by atoms with Gasteiger partial charge in [-0.2, -0.15) is 0 Å². The van der Waals surface area contributed by atoms with E-state index in [9.17, 15) is 14.0 Å². The summed E-state index contributed by atoms with van der Waals surface area (Å²) in [5, 5.41) is 2.56. The van der Waals surface area contributed by atoms with Gasteiger partial charge in [0, 0.05) is 12.0 Å². The highest BCUT2D eigenvalue weighted by atomic mass is 19.1. The summed E-state index contributed by atoms with van der Waals surface area (Å²) in [6, 6.07) is 11.3. The van der Waals surface area contributed by atoms with Crippen molar-refractivity contribution in [1.29, 1.82) is 0 Å². The lowest BCUT2D eigenvalue weighted by Crippen LogP contribution is -2.45. The van der Waals surface area contributed by atoms with Crippen LogP contribution in [0.15, 0.2) is 48.5 Å². The Morgan fingerprint density at radius 1 is 1.13 bits per heavy atom. The number of hydrogen-bond acceptors (Lipinski definition) is 3. The minimum Gasteiger partial charge on any atom is -0.497 e. The van der Waals surface area contributed by atoms with Gasteiger partial charge in [-0.25, -0.2) is 4.39 Å². The van der Waals surface area contributed by atoms with Crippen LogP contribution >= 0.6 is 0 Å². The molecule has 0 aliphatic heterocycles. The van der Waals surface area contributed by atoms with Crippen LogP contribution in [-0.2, 0) is 11.2 Å². The Balaban J connectivity index is 2.07. The first kappa shape index (κ1) is 16.5. The Morgan fingerprint density at radius 3 is 2.26 bits per heavy atom. The quantitative estimate of drug-likeness (QED) is 0.850. The van der Waals surface area contributed by atoms with Crippen molar-refractivity contribution >= 4 is 11.8 Å². The minimum atomic E-state index is -0.860. The van der Waals surface area contributed by atoms with Crippen molar-refractivity contribution in [3.8, 4) is 5.75 Å². The molecule has 0 radical (unpaired) electrons. The van der Waals surface area contributed by atoms with E-state index < -0.39 is 23.7 Å². The molecule has 23 heavy (non-hydrogen) atoms. The molecular formula is C17H17FN2O3. The average molecular weight is 316 g/mol. The molecule has 1 atom stereocenters. The molecule has 120 valence electrons. The van der Waals surface area contributed by atoms with Crippen molar-refractivity contribution < 1.29 is 18.7 Å². The maximum absolute atomic E-state index is 12.9. The molecule has 2 aromatic rings. The highest BCUT2D eigenvalue weighted by Crippen LogP contribution is 2.13. The van der Waals surface area contributed by atoms with Crippen LogP contribution in [0.2, 0.25) is 0 Å². The fourth-order valence-corrected chi connectivity index (χ4v) is 2.06. The first-order chi connectivity index (χ1) is 11.0. The molecule has 0 saturated heterocycles. The van der Waals surface area contributed by atoms with Crippen molar-refractivity contribution in [3.05, 3.63) is 65.5 Å².